The van der Waals surface area contributed by atoms with Crippen molar-refractivity contribution in [1.82, 2.24) is 14.7 Å². The topological polar surface area (TPSA) is 81.2 Å². The molecule has 0 bridgehead atoms. The van der Waals surface area contributed by atoms with Crippen LogP contribution in [0.4, 0.5) is 4.79 Å². The molecular formula is C22H27N3O4. The molecule has 1 atom stereocenters. The molecule has 0 aromatic heterocycles. The van der Waals surface area contributed by atoms with Crippen molar-refractivity contribution in [2.45, 2.75) is 51.0 Å². The Bertz CT molecular complexity index is 817. The summed E-state index contributed by atoms with van der Waals surface area (Å²) in [6.07, 6.45) is 6.29. The van der Waals surface area contributed by atoms with Gasteiger partial charge in [0.05, 0.1) is 0 Å². The Morgan fingerprint density at radius 3 is 2.48 bits per heavy atom. The fourth-order valence-corrected chi connectivity index (χ4v) is 4.74. The van der Waals surface area contributed by atoms with Gasteiger partial charge in [0, 0.05) is 25.7 Å². The molecule has 1 aliphatic carbocycles. The molecule has 0 radical (unpaired) electrons. The van der Waals surface area contributed by atoms with Crippen LogP contribution in [-0.4, -0.2) is 56.8 Å². The zero-order valence-corrected chi connectivity index (χ0v) is 16.5. The van der Waals surface area contributed by atoms with E-state index >= 15 is 0 Å². The third-order valence-electron chi connectivity index (χ3n) is 6.24. The summed E-state index contributed by atoms with van der Waals surface area (Å²) in [6, 6.07) is 9.31. The number of fused-ring (bicyclic) bond motifs is 1. The summed E-state index contributed by atoms with van der Waals surface area (Å²) in [6.45, 7) is 0.597. The Labute approximate surface area is 170 Å². The van der Waals surface area contributed by atoms with E-state index in [1.807, 2.05) is 30.3 Å². The molecule has 2 fully saturated rings. The minimum absolute atomic E-state index is 0.0804. The molecule has 0 spiro atoms. The largest absolute Gasteiger partial charge is 0.465 e. The average molecular weight is 397 g/mol. The van der Waals surface area contributed by atoms with Crippen molar-refractivity contribution in [2.24, 2.45) is 5.92 Å². The Balaban J connectivity index is 1.66. The zero-order chi connectivity index (χ0) is 20.4. The quantitative estimate of drug-likeness (QED) is 0.847. The fraction of sp³-hybridized carbons (Fsp3) is 0.500. The lowest BCUT2D eigenvalue weighted by Crippen LogP contribution is -2.62. The second-order valence-electron chi connectivity index (χ2n) is 8.05. The molecule has 0 unspecified atom stereocenters. The van der Waals surface area contributed by atoms with Crippen molar-refractivity contribution < 1.29 is 19.5 Å². The number of hydrogen-bond donors (Lipinski definition) is 1. The van der Waals surface area contributed by atoms with Gasteiger partial charge < -0.3 is 10.0 Å². The first-order valence-corrected chi connectivity index (χ1v) is 10.4. The van der Waals surface area contributed by atoms with Crippen molar-refractivity contribution in [1.29, 1.82) is 0 Å². The van der Waals surface area contributed by atoms with Gasteiger partial charge in [-0.2, -0.15) is 0 Å². The Hall–Kier alpha value is -2.83. The maximum Gasteiger partial charge on any atom is 0.413 e. The normalized spacial score (nSPS) is 23.1. The van der Waals surface area contributed by atoms with Gasteiger partial charge in [0.15, 0.2) is 0 Å². The molecule has 29 heavy (non-hydrogen) atoms. The Morgan fingerprint density at radius 2 is 1.79 bits per heavy atom. The molecule has 4 rings (SSSR count). The van der Waals surface area contributed by atoms with Crippen LogP contribution < -0.4 is 0 Å². The Kier molecular flexibility index (Phi) is 5.56. The number of carbonyl (C=O) groups excluding carboxylic acids is 2. The van der Waals surface area contributed by atoms with Gasteiger partial charge in [-0.15, -0.1) is 0 Å². The van der Waals surface area contributed by atoms with Gasteiger partial charge in [0.2, 0.25) is 11.8 Å². The number of nitrogens with zero attached hydrogens (tertiary/aromatic N) is 3. The van der Waals surface area contributed by atoms with Gasteiger partial charge in [-0.25, -0.2) is 4.79 Å². The van der Waals surface area contributed by atoms with E-state index in [2.05, 4.69) is 0 Å². The van der Waals surface area contributed by atoms with Crippen molar-refractivity contribution >= 4 is 17.9 Å². The van der Waals surface area contributed by atoms with Gasteiger partial charge >= 0.3 is 6.09 Å². The first-order valence-electron chi connectivity index (χ1n) is 10.4. The number of carboxylic acid groups (broad SMARTS) is 1. The minimum Gasteiger partial charge on any atom is -0.465 e. The van der Waals surface area contributed by atoms with Crippen LogP contribution >= 0.6 is 0 Å². The Morgan fingerprint density at radius 1 is 1.07 bits per heavy atom. The molecule has 2 aliphatic heterocycles. The highest BCUT2D eigenvalue weighted by Crippen LogP contribution is 2.36. The maximum atomic E-state index is 13.4. The van der Waals surface area contributed by atoms with E-state index in [0.717, 1.165) is 37.7 Å². The van der Waals surface area contributed by atoms with Crippen molar-refractivity contribution in [3.05, 3.63) is 47.9 Å². The maximum absolute atomic E-state index is 13.4. The van der Waals surface area contributed by atoms with E-state index in [4.69, 9.17) is 0 Å². The standard InChI is InChI=1S/C22H27N3O4/c26-19-12-14-24(22(28)29)18-15-23(13-11-16-7-3-1-4-8-16)21(27)20(25(18)19)17-9-5-2-6-10-17/h1,3-4,7-8,15,17,20H,2,5-6,9-14H2,(H,28,29)/t20-/m0/s1. The van der Waals surface area contributed by atoms with Crippen LogP contribution in [0.5, 0.6) is 0 Å². The first kappa shape index (κ1) is 19.5. The summed E-state index contributed by atoms with van der Waals surface area (Å²) < 4.78 is 0. The van der Waals surface area contributed by atoms with Gasteiger partial charge in [0.25, 0.3) is 0 Å². The van der Waals surface area contributed by atoms with E-state index in [-0.39, 0.29) is 30.7 Å². The molecular weight excluding hydrogens is 370 g/mol. The summed E-state index contributed by atoms with van der Waals surface area (Å²) >= 11 is 0. The van der Waals surface area contributed by atoms with Crippen LogP contribution in [0.25, 0.3) is 0 Å². The molecule has 3 amide bonds. The number of amides is 3. The van der Waals surface area contributed by atoms with Crippen LogP contribution in [0.1, 0.15) is 44.1 Å². The third kappa shape index (κ3) is 3.86. The zero-order valence-electron chi connectivity index (χ0n) is 16.5. The van der Waals surface area contributed by atoms with Crippen LogP contribution in [0.15, 0.2) is 42.4 Å². The van der Waals surface area contributed by atoms with E-state index < -0.39 is 12.1 Å². The molecule has 1 saturated heterocycles. The molecule has 2 heterocycles. The summed E-state index contributed by atoms with van der Waals surface area (Å²) in [5, 5.41) is 9.66. The van der Waals surface area contributed by atoms with E-state index in [0.29, 0.717) is 18.8 Å². The number of benzene rings is 1. The second-order valence-corrected chi connectivity index (χ2v) is 8.05. The average Bonchev–Trinajstić information content (AvgIpc) is 2.74. The third-order valence-corrected chi connectivity index (χ3v) is 6.24. The van der Waals surface area contributed by atoms with Crippen molar-refractivity contribution in [3.8, 4) is 0 Å². The highest BCUT2D eigenvalue weighted by atomic mass is 16.4. The van der Waals surface area contributed by atoms with Crippen molar-refractivity contribution in [3.63, 3.8) is 0 Å². The lowest BCUT2D eigenvalue weighted by molar-refractivity contribution is -0.151. The van der Waals surface area contributed by atoms with E-state index in [1.54, 1.807) is 11.1 Å². The van der Waals surface area contributed by atoms with Gasteiger partial charge in [-0.3, -0.25) is 19.4 Å². The minimum atomic E-state index is -1.09. The first-order chi connectivity index (χ1) is 14.1. The predicted molar refractivity (Wildman–Crippen MR) is 106 cm³/mol. The van der Waals surface area contributed by atoms with Crippen LogP contribution in [-0.2, 0) is 16.0 Å². The summed E-state index contributed by atoms with van der Waals surface area (Å²) in [7, 11) is 0. The summed E-state index contributed by atoms with van der Waals surface area (Å²) in [4.78, 5) is 42.4. The van der Waals surface area contributed by atoms with E-state index in [1.165, 1.54) is 9.80 Å². The van der Waals surface area contributed by atoms with Crippen molar-refractivity contribution in [2.75, 3.05) is 13.1 Å². The lowest BCUT2D eigenvalue weighted by atomic mass is 9.81. The van der Waals surface area contributed by atoms with Crippen LogP contribution in [0.3, 0.4) is 0 Å². The second kappa shape index (κ2) is 8.27. The molecule has 1 aromatic rings. The van der Waals surface area contributed by atoms with Crippen LogP contribution in [0, 0.1) is 5.92 Å². The SMILES string of the molecule is O=C1[C@H](C2CCCCC2)N2C(=O)CCN(C(=O)O)C2=CN1CCc1ccccc1. The van der Waals surface area contributed by atoms with Crippen LogP contribution in [0.2, 0.25) is 0 Å². The molecule has 1 saturated carbocycles. The van der Waals surface area contributed by atoms with Gasteiger partial charge in [-0.05, 0) is 30.7 Å². The smallest absolute Gasteiger partial charge is 0.413 e. The highest BCUT2D eigenvalue weighted by Gasteiger charge is 2.47. The predicted octanol–water partition coefficient (Wildman–Crippen LogP) is 3.03. The highest BCUT2D eigenvalue weighted by molar-refractivity contribution is 5.93. The monoisotopic (exact) mass is 397 g/mol. The van der Waals surface area contributed by atoms with Gasteiger partial charge in [0.1, 0.15) is 11.9 Å². The molecule has 1 aromatic carbocycles. The molecule has 154 valence electrons. The number of rotatable bonds is 4. The van der Waals surface area contributed by atoms with Gasteiger partial charge in [-0.1, -0.05) is 49.6 Å². The number of hydrogen-bond acceptors (Lipinski definition) is 3. The fourth-order valence-electron chi connectivity index (χ4n) is 4.74. The molecule has 7 heteroatoms. The molecule has 7 nitrogen and oxygen atoms in total. The summed E-state index contributed by atoms with van der Waals surface area (Å²) in [5.74, 6) is 0.173. The van der Waals surface area contributed by atoms with E-state index in [9.17, 15) is 19.5 Å². The molecule has 1 N–H and O–H groups in total. The molecule has 3 aliphatic rings. The lowest BCUT2D eigenvalue weighted by Gasteiger charge is -2.48. The number of carbonyl (C=O) groups is 3. The summed E-state index contributed by atoms with van der Waals surface area (Å²) in [5.41, 5.74) is 1.12.